The van der Waals surface area contributed by atoms with Crippen LogP contribution in [-0.4, -0.2) is 29.3 Å². The second kappa shape index (κ2) is 11.7. The predicted molar refractivity (Wildman–Crippen MR) is 137 cm³/mol. The summed E-state index contributed by atoms with van der Waals surface area (Å²) in [5, 5.41) is 14.1. The molecule has 1 amide bonds. The first kappa shape index (κ1) is 25.9. The molecular weight excluding hydrogens is 476 g/mol. The minimum atomic E-state index is -1.01. The molecule has 8 heteroatoms. The zero-order valence-corrected chi connectivity index (χ0v) is 20.2. The Bertz CT molecular complexity index is 1380. The van der Waals surface area contributed by atoms with Crippen LogP contribution in [0.4, 0.5) is 8.78 Å². The van der Waals surface area contributed by atoms with Gasteiger partial charge in [0.15, 0.2) is 0 Å². The van der Waals surface area contributed by atoms with Crippen molar-refractivity contribution < 1.29 is 23.4 Å². The van der Waals surface area contributed by atoms with Gasteiger partial charge in [-0.05, 0) is 65.6 Å². The second-order valence-electron chi connectivity index (χ2n) is 8.65. The number of primary amides is 1. The van der Waals surface area contributed by atoms with Gasteiger partial charge in [0, 0.05) is 29.8 Å². The standard InChI is InChI=1S/C29H27F2N3O3/c1-37-24-8-2-5-18(13-24)15-27(35)34-26(14-19-11-22(30)17-23(31)12-19)28-25(9-4-10-33-28)20-6-3-7-21(16-20)29(32)36/h2-13,16-17,26-27,34-35H,14-15H2,1H3,(H2,32,36). The van der Waals surface area contributed by atoms with Crippen molar-refractivity contribution in [3.8, 4) is 16.9 Å². The minimum Gasteiger partial charge on any atom is -0.497 e. The average molecular weight is 504 g/mol. The maximum Gasteiger partial charge on any atom is 0.248 e. The molecule has 37 heavy (non-hydrogen) atoms. The third-order valence-corrected chi connectivity index (χ3v) is 5.95. The largest absolute Gasteiger partial charge is 0.497 e. The van der Waals surface area contributed by atoms with Crippen LogP contribution in [0.2, 0.25) is 0 Å². The van der Waals surface area contributed by atoms with Crippen LogP contribution >= 0.6 is 0 Å². The number of aliphatic hydroxyl groups excluding tert-OH is 1. The molecule has 190 valence electrons. The Kier molecular flexibility index (Phi) is 8.22. The van der Waals surface area contributed by atoms with Gasteiger partial charge >= 0.3 is 0 Å². The highest BCUT2D eigenvalue weighted by Gasteiger charge is 2.22. The number of benzene rings is 3. The maximum absolute atomic E-state index is 14.0. The third kappa shape index (κ3) is 6.75. The first-order valence-corrected chi connectivity index (χ1v) is 11.7. The van der Waals surface area contributed by atoms with Gasteiger partial charge in [-0.3, -0.25) is 15.1 Å². The fraction of sp³-hybridized carbons (Fsp3) is 0.172. The van der Waals surface area contributed by atoms with Gasteiger partial charge in [0.25, 0.3) is 0 Å². The number of aromatic nitrogens is 1. The molecule has 0 fully saturated rings. The van der Waals surface area contributed by atoms with Crippen LogP contribution in [0.5, 0.6) is 5.75 Å². The van der Waals surface area contributed by atoms with Crippen LogP contribution in [0.1, 0.15) is 33.2 Å². The van der Waals surface area contributed by atoms with Gasteiger partial charge in [-0.25, -0.2) is 8.78 Å². The molecule has 0 spiro atoms. The molecule has 0 bridgehead atoms. The van der Waals surface area contributed by atoms with Crippen molar-refractivity contribution in [1.82, 2.24) is 10.3 Å². The molecule has 0 saturated carbocycles. The highest BCUT2D eigenvalue weighted by Crippen LogP contribution is 2.30. The number of hydrogen-bond acceptors (Lipinski definition) is 5. The number of rotatable bonds is 10. The summed E-state index contributed by atoms with van der Waals surface area (Å²) in [5.41, 5.74) is 8.96. The normalized spacial score (nSPS) is 12.6. The van der Waals surface area contributed by atoms with E-state index >= 15 is 0 Å². The van der Waals surface area contributed by atoms with Crippen LogP contribution in [0, 0.1) is 11.6 Å². The van der Waals surface area contributed by atoms with E-state index in [0.29, 0.717) is 33.7 Å². The molecule has 2 unspecified atom stereocenters. The molecule has 4 rings (SSSR count). The molecule has 6 nitrogen and oxygen atoms in total. The average Bonchev–Trinajstić information content (AvgIpc) is 2.88. The Labute approximate surface area is 213 Å². The Morgan fingerprint density at radius 2 is 1.73 bits per heavy atom. The molecule has 0 saturated heterocycles. The van der Waals surface area contributed by atoms with Crippen LogP contribution in [0.15, 0.2) is 85.1 Å². The quantitative estimate of drug-likeness (QED) is 0.276. The van der Waals surface area contributed by atoms with Gasteiger partial charge in [-0.15, -0.1) is 0 Å². The van der Waals surface area contributed by atoms with E-state index in [1.54, 1.807) is 37.6 Å². The van der Waals surface area contributed by atoms with Crippen molar-refractivity contribution in [1.29, 1.82) is 0 Å². The van der Waals surface area contributed by atoms with Gasteiger partial charge in [-0.2, -0.15) is 0 Å². The third-order valence-electron chi connectivity index (χ3n) is 5.95. The van der Waals surface area contributed by atoms with Gasteiger partial charge < -0.3 is 15.6 Å². The molecule has 1 heterocycles. The SMILES string of the molecule is COc1cccc(CC(O)NC(Cc2cc(F)cc(F)c2)c2ncccc2-c2cccc(C(N)=O)c2)c1. The highest BCUT2D eigenvalue weighted by atomic mass is 19.1. The summed E-state index contributed by atoms with van der Waals surface area (Å²) in [6, 6.07) is 20.4. The number of carbonyl (C=O) groups is 1. The zero-order chi connectivity index (χ0) is 26.4. The van der Waals surface area contributed by atoms with Crippen LogP contribution in [0.3, 0.4) is 0 Å². The topological polar surface area (TPSA) is 97.5 Å². The van der Waals surface area contributed by atoms with E-state index in [2.05, 4.69) is 10.3 Å². The number of hydrogen-bond donors (Lipinski definition) is 3. The summed E-state index contributed by atoms with van der Waals surface area (Å²) in [5.74, 6) is -1.29. The minimum absolute atomic E-state index is 0.142. The first-order chi connectivity index (χ1) is 17.8. The molecule has 4 aromatic rings. The summed E-state index contributed by atoms with van der Waals surface area (Å²) in [6.45, 7) is 0. The van der Waals surface area contributed by atoms with Gasteiger partial charge in [-0.1, -0.05) is 30.3 Å². The fourth-order valence-electron chi connectivity index (χ4n) is 4.29. The Morgan fingerprint density at radius 3 is 2.46 bits per heavy atom. The lowest BCUT2D eigenvalue weighted by atomic mass is 9.94. The zero-order valence-electron chi connectivity index (χ0n) is 20.2. The molecule has 0 radical (unpaired) electrons. The van der Waals surface area contributed by atoms with Gasteiger partial charge in [0.1, 0.15) is 23.6 Å². The highest BCUT2D eigenvalue weighted by molar-refractivity contribution is 5.94. The lowest BCUT2D eigenvalue weighted by molar-refractivity contribution is 0.1000. The summed E-state index contributed by atoms with van der Waals surface area (Å²) in [6.07, 6.45) is 0.988. The van der Waals surface area contributed by atoms with E-state index in [4.69, 9.17) is 10.5 Å². The van der Waals surface area contributed by atoms with Crippen LogP contribution in [-0.2, 0) is 12.8 Å². The predicted octanol–water partition coefficient (Wildman–Crippen LogP) is 4.57. The summed E-state index contributed by atoms with van der Waals surface area (Å²) in [4.78, 5) is 16.3. The number of nitrogens with two attached hydrogens (primary N) is 1. The molecule has 2 atom stereocenters. The number of nitrogens with one attached hydrogen (secondary N) is 1. The van der Waals surface area contributed by atoms with E-state index < -0.39 is 29.8 Å². The number of nitrogens with zero attached hydrogens (tertiary/aromatic N) is 1. The number of carbonyl (C=O) groups excluding carboxylic acids is 1. The van der Waals surface area contributed by atoms with Crippen LogP contribution < -0.4 is 15.8 Å². The van der Waals surface area contributed by atoms with Gasteiger partial charge in [0.05, 0.1) is 18.8 Å². The van der Waals surface area contributed by atoms with E-state index in [9.17, 15) is 18.7 Å². The summed E-state index contributed by atoms with van der Waals surface area (Å²) in [7, 11) is 1.57. The number of halogens is 2. The lowest BCUT2D eigenvalue weighted by Crippen LogP contribution is -2.36. The van der Waals surface area contributed by atoms with Crippen molar-refractivity contribution in [2.45, 2.75) is 25.1 Å². The van der Waals surface area contributed by atoms with E-state index in [1.807, 2.05) is 36.4 Å². The lowest BCUT2D eigenvalue weighted by Gasteiger charge is -2.25. The van der Waals surface area contributed by atoms with Crippen molar-refractivity contribution in [3.63, 3.8) is 0 Å². The van der Waals surface area contributed by atoms with Gasteiger partial charge in [0.2, 0.25) is 5.91 Å². The number of pyridine rings is 1. The van der Waals surface area contributed by atoms with E-state index in [1.165, 1.54) is 12.1 Å². The van der Waals surface area contributed by atoms with Crippen molar-refractivity contribution in [2.24, 2.45) is 5.73 Å². The second-order valence-corrected chi connectivity index (χ2v) is 8.65. The Morgan fingerprint density at radius 1 is 0.973 bits per heavy atom. The molecular formula is C29H27F2N3O3. The van der Waals surface area contributed by atoms with Crippen molar-refractivity contribution >= 4 is 5.91 Å². The molecule has 0 aliphatic rings. The van der Waals surface area contributed by atoms with Crippen LogP contribution in [0.25, 0.3) is 11.1 Å². The summed E-state index contributed by atoms with van der Waals surface area (Å²) >= 11 is 0. The van der Waals surface area contributed by atoms with Crippen molar-refractivity contribution in [3.05, 3.63) is 119 Å². The van der Waals surface area contributed by atoms with E-state index in [-0.39, 0.29) is 12.8 Å². The van der Waals surface area contributed by atoms with E-state index in [0.717, 1.165) is 11.6 Å². The van der Waals surface area contributed by atoms with Crippen molar-refractivity contribution in [2.75, 3.05) is 7.11 Å². The number of methoxy groups -OCH3 is 1. The smallest absolute Gasteiger partial charge is 0.248 e. The number of ether oxygens (including phenoxy) is 1. The molecule has 3 aromatic carbocycles. The number of amides is 1. The maximum atomic E-state index is 14.0. The molecule has 0 aliphatic heterocycles. The Balaban J connectivity index is 1.70. The summed E-state index contributed by atoms with van der Waals surface area (Å²) < 4.78 is 33.2. The number of aliphatic hydroxyl groups is 1. The molecule has 4 N–H and O–H groups in total. The first-order valence-electron chi connectivity index (χ1n) is 11.7. The molecule has 1 aromatic heterocycles. The molecule has 0 aliphatic carbocycles. The fourth-order valence-corrected chi connectivity index (χ4v) is 4.29. The monoisotopic (exact) mass is 503 g/mol. The Hall–Kier alpha value is -4.14.